The van der Waals surface area contributed by atoms with Crippen molar-refractivity contribution < 1.29 is 29.3 Å². The van der Waals surface area contributed by atoms with E-state index in [1.807, 2.05) is 0 Å². The van der Waals surface area contributed by atoms with Gasteiger partial charge in [-0.25, -0.2) is 4.79 Å². The predicted molar refractivity (Wildman–Crippen MR) is 104 cm³/mol. The van der Waals surface area contributed by atoms with Gasteiger partial charge in [0, 0.05) is 17.7 Å². The SMILES string of the molecule is C[C@@H](CO)Oc1cc(Oc2ccc(C(=O)O)cc2)cc(C(=O)Nc2ccn[nH]2)c1. The molecule has 2 aromatic carbocycles. The van der Waals surface area contributed by atoms with E-state index in [9.17, 15) is 14.7 Å². The second-order valence-electron chi connectivity index (χ2n) is 6.16. The molecular weight excluding hydrogens is 378 g/mol. The van der Waals surface area contributed by atoms with E-state index in [0.29, 0.717) is 23.1 Å². The topological polar surface area (TPSA) is 134 Å². The number of rotatable bonds is 8. The van der Waals surface area contributed by atoms with Crippen LogP contribution in [0.25, 0.3) is 0 Å². The van der Waals surface area contributed by atoms with Crippen molar-refractivity contribution in [2.45, 2.75) is 13.0 Å². The molecule has 0 spiro atoms. The average Bonchev–Trinajstić information content (AvgIpc) is 3.21. The number of benzene rings is 2. The molecule has 1 amide bonds. The smallest absolute Gasteiger partial charge is 0.335 e. The van der Waals surface area contributed by atoms with Gasteiger partial charge in [0.05, 0.1) is 18.4 Å². The van der Waals surface area contributed by atoms with Crippen molar-refractivity contribution in [3.8, 4) is 17.2 Å². The molecule has 0 bridgehead atoms. The Morgan fingerprint density at radius 2 is 1.79 bits per heavy atom. The minimum absolute atomic E-state index is 0.130. The van der Waals surface area contributed by atoms with Gasteiger partial charge in [0.2, 0.25) is 0 Å². The molecule has 0 aliphatic heterocycles. The third-order valence-corrected chi connectivity index (χ3v) is 3.82. The molecule has 4 N–H and O–H groups in total. The van der Waals surface area contributed by atoms with Gasteiger partial charge in [-0.1, -0.05) is 0 Å². The number of aliphatic hydroxyl groups excluding tert-OH is 1. The Bertz CT molecular complexity index is 986. The van der Waals surface area contributed by atoms with Gasteiger partial charge in [0.1, 0.15) is 29.2 Å². The number of carbonyl (C=O) groups excluding carboxylic acids is 1. The van der Waals surface area contributed by atoms with Gasteiger partial charge in [-0.05, 0) is 43.3 Å². The van der Waals surface area contributed by atoms with E-state index in [-0.39, 0.29) is 17.7 Å². The molecule has 9 nitrogen and oxygen atoms in total. The molecule has 0 fully saturated rings. The quantitative estimate of drug-likeness (QED) is 0.459. The number of carboxylic acid groups (broad SMARTS) is 1. The number of aromatic nitrogens is 2. The number of hydrogen-bond acceptors (Lipinski definition) is 6. The molecule has 9 heteroatoms. The van der Waals surface area contributed by atoms with Crippen molar-refractivity contribution >= 4 is 17.7 Å². The normalized spacial score (nSPS) is 11.5. The summed E-state index contributed by atoms with van der Waals surface area (Å²) in [7, 11) is 0. The lowest BCUT2D eigenvalue weighted by atomic mass is 10.1. The average molecular weight is 397 g/mol. The van der Waals surface area contributed by atoms with Crippen LogP contribution in [0.3, 0.4) is 0 Å². The number of hydrogen-bond donors (Lipinski definition) is 4. The Kier molecular flexibility index (Phi) is 6.10. The summed E-state index contributed by atoms with van der Waals surface area (Å²) in [5.74, 6) is 0.00984. The maximum absolute atomic E-state index is 12.6. The maximum Gasteiger partial charge on any atom is 0.335 e. The second kappa shape index (κ2) is 8.89. The standard InChI is InChI=1S/C20H19N3O6/c1-12(11-24)28-16-8-14(19(25)22-18-6-7-21-23-18)9-17(10-16)29-15-4-2-13(3-5-15)20(26)27/h2-10,12,24H,11H2,1H3,(H,26,27)(H2,21,22,23,25)/t12-/m0/s1. The molecule has 0 unspecified atom stereocenters. The third-order valence-electron chi connectivity index (χ3n) is 3.82. The van der Waals surface area contributed by atoms with E-state index in [1.54, 1.807) is 19.1 Å². The third kappa shape index (κ3) is 5.33. The summed E-state index contributed by atoms with van der Waals surface area (Å²) in [6.07, 6.45) is 1.02. The highest BCUT2D eigenvalue weighted by Gasteiger charge is 2.14. The van der Waals surface area contributed by atoms with Gasteiger partial charge >= 0.3 is 5.97 Å². The van der Waals surface area contributed by atoms with Crippen molar-refractivity contribution in [1.29, 1.82) is 0 Å². The van der Waals surface area contributed by atoms with Crippen molar-refractivity contribution in [3.63, 3.8) is 0 Å². The first-order valence-corrected chi connectivity index (χ1v) is 8.69. The first-order chi connectivity index (χ1) is 13.9. The summed E-state index contributed by atoms with van der Waals surface area (Å²) >= 11 is 0. The van der Waals surface area contributed by atoms with Gasteiger partial charge in [-0.2, -0.15) is 5.10 Å². The Labute approximate surface area is 165 Å². The van der Waals surface area contributed by atoms with Crippen molar-refractivity contribution in [1.82, 2.24) is 10.2 Å². The molecule has 0 saturated carbocycles. The fraction of sp³-hybridized carbons (Fsp3) is 0.150. The maximum atomic E-state index is 12.6. The van der Waals surface area contributed by atoms with Crippen LogP contribution >= 0.6 is 0 Å². The largest absolute Gasteiger partial charge is 0.488 e. The van der Waals surface area contributed by atoms with Crippen LogP contribution in [0.1, 0.15) is 27.6 Å². The number of amides is 1. The minimum Gasteiger partial charge on any atom is -0.488 e. The Morgan fingerprint density at radius 3 is 2.41 bits per heavy atom. The first-order valence-electron chi connectivity index (χ1n) is 8.69. The zero-order valence-corrected chi connectivity index (χ0v) is 15.5. The molecule has 1 atom stereocenters. The molecular formula is C20H19N3O6. The van der Waals surface area contributed by atoms with Gasteiger partial charge in [0.25, 0.3) is 5.91 Å². The number of carbonyl (C=O) groups is 2. The van der Waals surface area contributed by atoms with Crippen LogP contribution in [0.15, 0.2) is 54.7 Å². The molecule has 3 rings (SSSR count). The van der Waals surface area contributed by atoms with Crippen LogP contribution in [-0.2, 0) is 0 Å². The fourth-order valence-corrected chi connectivity index (χ4v) is 2.42. The molecule has 0 aliphatic rings. The summed E-state index contributed by atoms with van der Waals surface area (Å²) in [4.78, 5) is 23.5. The highest BCUT2D eigenvalue weighted by molar-refractivity contribution is 6.04. The van der Waals surface area contributed by atoms with Crippen LogP contribution in [-0.4, -0.2) is 45.0 Å². The summed E-state index contributed by atoms with van der Waals surface area (Å²) in [6.45, 7) is 1.49. The zero-order chi connectivity index (χ0) is 20.8. The second-order valence-corrected chi connectivity index (χ2v) is 6.16. The van der Waals surface area contributed by atoms with E-state index >= 15 is 0 Å². The highest BCUT2D eigenvalue weighted by atomic mass is 16.5. The molecule has 1 aromatic heterocycles. The summed E-state index contributed by atoms with van der Waals surface area (Å²) < 4.78 is 11.4. The van der Waals surface area contributed by atoms with Gasteiger partial charge < -0.3 is 25.0 Å². The minimum atomic E-state index is -1.04. The Morgan fingerprint density at radius 1 is 1.07 bits per heavy atom. The zero-order valence-electron chi connectivity index (χ0n) is 15.5. The van der Waals surface area contributed by atoms with Crippen molar-refractivity contribution in [2.75, 3.05) is 11.9 Å². The number of ether oxygens (including phenoxy) is 2. The Hall–Kier alpha value is -3.85. The van der Waals surface area contributed by atoms with Crippen LogP contribution < -0.4 is 14.8 Å². The fourth-order valence-electron chi connectivity index (χ4n) is 2.42. The van der Waals surface area contributed by atoms with Crippen LogP contribution in [0.4, 0.5) is 5.82 Å². The number of nitrogens with one attached hydrogen (secondary N) is 2. The number of aromatic amines is 1. The van der Waals surface area contributed by atoms with E-state index in [4.69, 9.17) is 14.6 Å². The number of aromatic carboxylic acids is 1. The number of H-pyrrole nitrogens is 1. The summed E-state index contributed by atoms with van der Waals surface area (Å²) in [5, 5.41) is 27.3. The molecule has 0 aliphatic carbocycles. The number of aliphatic hydroxyl groups is 1. The number of anilines is 1. The lowest BCUT2D eigenvalue weighted by Crippen LogP contribution is -2.17. The first kappa shape index (κ1) is 19.9. The monoisotopic (exact) mass is 397 g/mol. The van der Waals surface area contributed by atoms with Crippen molar-refractivity contribution in [3.05, 3.63) is 65.9 Å². The van der Waals surface area contributed by atoms with Gasteiger partial charge in [0.15, 0.2) is 0 Å². The van der Waals surface area contributed by atoms with Gasteiger partial charge in [-0.15, -0.1) is 0 Å². The van der Waals surface area contributed by atoms with Crippen LogP contribution in [0.5, 0.6) is 17.2 Å². The molecule has 29 heavy (non-hydrogen) atoms. The number of nitrogens with zero attached hydrogens (tertiary/aromatic N) is 1. The predicted octanol–water partition coefficient (Wildman–Crippen LogP) is 2.91. The summed E-state index contributed by atoms with van der Waals surface area (Å²) in [6, 6.07) is 12.1. The molecule has 3 aromatic rings. The van der Waals surface area contributed by atoms with E-state index < -0.39 is 18.0 Å². The highest BCUT2D eigenvalue weighted by Crippen LogP contribution is 2.29. The van der Waals surface area contributed by atoms with Gasteiger partial charge in [-0.3, -0.25) is 9.89 Å². The lowest BCUT2D eigenvalue weighted by Gasteiger charge is -2.15. The molecule has 150 valence electrons. The lowest BCUT2D eigenvalue weighted by molar-refractivity contribution is 0.0696. The van der Waals surface area contributed by atoms with E-state index in [2.05, 4.69) is 15.5 Å². The molecule has 0 saturated heterocycles. The van der Waals surface area contributed by atoms with Crippen LogP contribution in [0.2, 0.25) is 0 Å². The summed E-state index contributed by atoms with van der Waals surface area (Å²) in [5.41, 5.74) is 0.394. The number of carboxylic acids is 1. The van der Waals surface area contributed by atoms with Crippen LogP contribution in [0, 0.1) is 0 Å². The molecule has 0 radical (unpaired) electrons. The Balaban J connectivity index is 1.86. The van der Waals surface area contributed by atoms with Crippen molar-refractivity contribution in [2.24, 2.45) is 0 Å². The van der Waals surface area contributed by atoms with E-state index in [1.165, 1.54) is 42.6 Å². The van der Waals surface area contributed by atoms with E-state index in [0.717, 1.165) is 0 Å². The molecule has 1 heterocycles.